The van der Waals surface area contributed by atoms with Crippen LogP contribution in [0.15, 0.2) is 40.9 Å². The molecule has 2 unspecified atom stereocenters. The van der Waals surface area contributed by atoms with E-state index in [0.717, 1.165) is 0 Å². The third-order valence-electron chi connectivity index (χ3n) is 5.94. The van der Waals surface area contributed by atoms with Crippen molar-refractivity contribution in [3.8, 4) is 11.5 Å². The Kier molecular flexibility index (Phi) is 3.21. The van der Waals surface area contributed by atoms with Gasteiger partial charge in [-0.3, -0.25) is 14.5 Å². The van der Waals surface area contributed by atoms with E-state index in [1.54, 1.807) is 31.2 Å². The number of ether oxygens (including phenoxy) is 3. The lowest BCUT2D eigenvalue weighted by molar-refractivity contribution is -0.128. The Morgan fingerprint density at radius 1 is 1.28 bits per heavy atom. The van der Waals surface area contributed by atoms with Gasteiger partial charge in [0.25, 0.3) is 0 Å². The number of carbonyl (C=O) groups is 2. The molecule has 2 amide bonds. The lowest BCUT2D eigenvalue weighted by atomic mass is 9.77. The van der Waals surface area contributed by atoms with Gasteiger partial charge < -0.3 is 24.1 Å². The first kappa shape index (κ1) is 16.6. The maximum atomic E-state index is 13.2. The van der Waals surface area contributed by atoms with E-state index in [0.29, 0.717) is 35.3 Å². The van der Waals surface area contributed by atoms with Crippen LogP contribution in [0, 0.1) is 18.8 Å². The van der Waals surface area contributed by atoms with Crippen LogP contribution in [-0.2, 0) is 14.3 Å². The van der Waals surface area contributed by atoms with Gasteiger partial charge in [-0.2, -0.15) is 0 Å². The molecule has 0 aliphatic carbocycles. The van der Waals surface area contributed by atoms with Crippen LogP contribution in [-0.4, -0.2) is 42.0 Å². The smallest absolute Gasteiger partial charge is 0.235 e. The summed E-state index contributed by atoms with van der Waals surface area (Å²) in [7, 11) is 0. The Bertz CT molecular complexity index is 1080. The number of fused-ring (bicyclic) bond motifs is 2. The number of aryl methyl sites for hydroxylation is 1. The molecule has 6 rings (SSSR count). The molecule has 0 radical (unpaired) electrons. The summed E-state index contributed by atoms with van der Waals surface area (Å²) < 4.78 is 21.9. The third-order valence-corrected chi connectivity index (χ3v) is 5.94. The van der Waals surface area contributed by atoms with Crippen LogP contribution in [0.1, 0.15) is 5.76 Å². The number of hydrogen-bond acceptors (Lipinski definition) is 7. The van der Waals surface area contributed by atoms with Crippen molar-refractivity contribution in [1.29, 1.82) is 0 Å². The maximum Gasteiger partial charge on any atom is 0.235 e. The number of anilines is 2. The summed E-state index contributed by atoms with van der Waals surface area (Å²) in [6, 6.07) is 6.90. The summed E-state index contributed by atoms with van der Waals surface area (Å²) in [6.45, 7) is 2.23. The lowest BCUT2D eigenvalue weighted by Gasteiger charge is -2.23. The van der Waals surface area contributed by atoms with E-state index in [2.05, 4.69) is 10.5 Å². The molecule has 4 atom stereocenters. The molecule has 5 heterocycles. The van der Waals surface area contributed by atoms with E-state index >= 15 is 0 Å². The maximum absolute atomic E-state index is 13.2. The van der Waals surface area contributed by atoms with Crippen molar-refractivity contribution in [3.05, 3.63) is 42.2 Å². The van der Waals surface area contributed by atoms with Crippen molar-refractivity contribution in [2.75, 3.05) is 23.6 Å². The van der Waals surface area contributed by atoms with E-state index in [1.165, 1.54) is 4.90 Å². The molecule has 1 aromatic carbocycles. The van der Waals surface area contributed by atoms with Gasteiger partial charge in [-0.05, 0) is 19.1 Å². The highest BCUT2D eigenvalue weighted by molar-refractivity contribution is 6.05. The first-order chi connectivity index (χ1) is 14.0. The Morgan fingerprint density at radius 3 is 2.97 bits per heavy atom. The molecule has 4 aliphatic rings. The molecule has 148 valence electrons. The first-order valence-electron chi connectivity index (χ1n) is 9.36. The number of carbonyl (C=O) groups excluding carboxylic acids is 2. The quantitative estimate of drug-likeness (QED) is 0.788. The molecular weight excluding hydrogens is 378 g/mol. The van der Waals surface area contributed by atoms with Crippen molar-refractivity contribution in [2.45, 2.75) is 18.6 Å². The highest BCUT2D eigenvalue weighted by Crippen LogP contribution is 2.52. The van der Waals surface area contributed by atoms with Crippen molar-refractivity contribution in [2.24, 2.45) is 11.8 Å². The van der Waals surface area contributed by atoms with Crippen LogP contribution < -0.4 is 19.7 Å². The van der Waals surface area contributed by atoms with Gasteiger partial charge in [-0.1, -0.05) is 17.3 Å². The Hall–Kier alpha value is -3.33. The Labute approximate surface area is 165 Å². The summed E-state index contributed by atoms with van der Waals surface area (Å²) in [5.74, 6) is 0.574. The predicted molar refractivity (Wildman–Crippen MR) is 98.5 cm³/mol. The minimum atomic E-state index is -0.814. The minimum Gasteiger partial charge on any atom is -0.454 e. The molecule has 4 aliphatic heterocycles. The molecule has 29 heavy (non-hydrogen) atoms. The second-order valence-electron chi connectivity index (χ2n) is 7.68. The monoisotopic (exact) mass is 395 g/mol. The molecule has 9 heteroatoms. The number of nitrogens with zero attached hydrogens (tertiary/aromatic N) is 2. The van der Waals surface area contributed by atoms with E-state index in [4.69, 9.17) is 18.7 Å². The number of nitrogens with one attached hydrogen (secondary N) is 1. The molecular formula is C20H17N3O6. The van der Waals surface area contributed by atoms with Crippen LogP contribution in [0.3, 0.4) is 0 Å². The Balaban J connectivity index is 1.28. The van der Waals surface area contributed by atoms with Gasteiger partial charge in [-0.15, -0.1) is 0 Å². The van der Waals surface area contributed by atoms with Crippen molar-refractivity contribution in [1.82, 2.24) is 5.16 Å². The van der Waals surface area contributed by atoms with Crippen LogP contribution in [0.25, 0.3) is 0 Å². The molecule has 2 fully saturated rings. The van der Waals surface area contributed by atoms with Gasteiger partial charge in [0.05, 0.1) is 24.5 Å². The number of hydrogen-bond donors (Lipinski definition) is 1. The molecule has 2 aromatic rings. The van der Waals surface area contributed by atoms with E-state index in [1.807, 2.05) is 12.2 Å². The largest absolute Gasteiger partial charge is 0.454 e. The van der Waals surface area contributed by atoms with Gasteiger partial charge >= 0.3 is 0 Å². The van der Waals surface area contributed by atoms with Gasteiger partial charge in [0.2, 0.25) is 18.6 Å². The van der Waals surface area contributed by atoms with Crippen LogP contribution >= 0.6 is 0 Å². The molecule has 0 saturated carbocycles. The SMILES string of the molecule is Cc1cc(N2C[C@]34C=C[C@@H](O3)C(C(=O)Nc3ccc5c(c3)OCO5)C4C2=O)no1. The van der Waals surface area contributed by atoms with E-state index in [9.17, 15) is 9.59 Å². The van der Waals surface area contributed by atoms with Gasteiger partial charge in [0.1, 0.15) is 11.4 Å². The third kappa shape index (κ3) is 2.27. The van der Waals surface area contributed by atoms with E-state index in [-0.39, 0.29) is 18.6 Å². The zero-order valence-corrected chi connectivity index (χ0v) is 15.5. The average Bonchev–Trinajstić information content (AvgIpc) is 3.49. The van der Waals surface area contributed by atoms with Crippen LogP contribution in [0.5, 0.6) is 11.5 Å². The fraction of sp³-hybridized carbons (Fsp3) is 0.350. The van der Waals surface area contributed by atoms with Crippen LogP contribution in [0.2, 0.25) is 0 Å². The summed E-state index contributed by atoms with van der Waals surface area (Å²) >= 11 is 0. The molecule has 1 spiro atoms. The highest BCUT2D eigenvalue weighted by Gasteiger charge is 2.67. The zero-order valence-electron chi connectivity index (χ0n) is 15.5. The molecule has 1 aromatic heterocycles. The predicted octanol–water partition coefficient (Wildman–Crippen LogP) is 1.64. The number of amides is 2. The highest BCUT2D eigenvalue weighted by atomic mass is 16.7. The van der Waals surface area contributed by atoms with Gasteiger partial charge in [-0.25, -0.2) is 0 Å². The second kappa shape index (κ2) is 5.60. The first-order valence-corrected chi connectivity index (χ1v) is 9.36. The topological polar surface area (TPSA) is 103 Å². The second-order valence-corrected chi connectivity index (χ2v) is 7.68. The van der Waals surface area contributed by atoms with Gasteiger partial charge in [0, 0.05) is 17.8 Å². The summed E-state index contributed by atoms with van der Waals surface area (Å²) in [5.41, 5.74) is -0.236. The lowest BCUT2D eigenvalue weighted by Crippen LogP contribution is -2.41. The Morgan fingerprint density at radius 2 is 2.14 bits per heavy atom. The normalized spacial score (nSPS) is 30.9. The summed E-state index contributed by atoms with van der Waals surface area (Å²) in [5, 5.41) is 6.84. The van der Waals surface area contributed by atoms with Crippen molar-refractivity contribution in [3.63, 3.8) is 0 Å². The van der Waals surface area contributed by atoms with E-state index < -0.39 is 23.5 Å². The number of rotatable bonds is 3. The fourth-order valence-corrected chi connectivity index (χ4v) is 4.67. The van der Waals surface area contributed by atoms with Crippen molar-refractivity contribution >= 4 is 23.3 Å². The summed E-state index contributed by atoms with van der Waals surface area (Å²) in [4.78, 5) is 27.9. The zero-order chi connectivity index (χ0) is 19.8. The average molecular weight is 395 g/mol. The van der Waals surface area contributed by atoms with Crippen LogP contribution in [0.4, 0.5) is 11.5 Å². The van der Waals surface area contributed by atoms with Crippen molar-refractivity contribution < 1.29 is 28.3 Å². The molecule has 9 nitrogen and oxygen atoms in total. The molecule has 2 bridgehead atoms. The standard InChI is InChI=1S/C20H17N3O6/c1-10-6-15(22-29-10)23-8-20-5-4-13(28-20)16(17(20)19(23)25)18(24)21-11-2-3-12-14(7-11)27-9-26-12/h2-7,13,16-17H,8-9H2,1H3,(H,21,24)/t13-,16?,17?,20+/m1/s1. The van der Waals surface area contributed by atoms with Gasteiger partial charge in [0.15, 0.2) is 17.3 Å². The minimum absolute atomic E-state index is 0.159. The summed E-state index contributed by atoms with van der Waals surface area (Å²) in [6.07, 6.45) is 3.34. The fourth-order valence-electron chi connectivity index (χ4n) is 4.67. The number of benzene rings is 1. The molecule has 1 N–H and O–H groups in total. The molecule has 2 saturated heterocycles. The number of aromatic nitrogens is 1.